The van der Waals surface area contributed by atoms with E-state index in [9.17, 15) is 4.79 Å². The lowest BCUT2D eigenvalue weighted by atomic mass is 10.0. The standard InChI is InChI=1S/C16H18O4/c1-2-18-15(17)8-9-16-19-11-10-14(12-20-16)13-6-4-3-5-7-13/h3-11,14,16H,2,12H2,1H3/b9-8+/t14-,16-/m1/s1. The lowest BCUT2D eigenvalue weighted by Gasteiger charge is -2.13. The molecular formula is C16H18O4. The molecule has 1 aliphatic heterocycles. The van der Waals surface area contributed by atoms with Crippen LogP contribution in [0.4, 0.5) is 0 Å². The molecule has 0 amide bonds. The van der Waals surface area contributed by atoms with Gasteiger partial charge in [-0.1, -0.05) is 30.3 Å². The molecule has 1 aromatic carbocycles. The number of benzene rings is 1. The van der Waals surface area contributed by atoms with Crippen LogP contribution < -0.4 is 0 Å². The number of hydrogen-bond donors (Lipinski definition) is 0. The summed E-state index contributed by atoms with van der Waals surface area (Å²) in [5.41, 5.74) is 1.17. The molecule has 0 saturated heterocycles. The van der Waals surface area contributed by atoms with E-state index in [0.717, 1.165) is 0 Å². The third-order valence-corrected chi connectivity index (χ3v) is 2.87. The Morgan fingerprint density at radius 2 is 2.20 bits per heavy atom. The van der Waals surface area contributed by atoms with Gasteiger partial charge in [0.15, 0.2) is 0 Å². The first-order valence-electron chi connectivity index (χ1n) is 6.63. The zero-order valence-electron chi connectivity index (χ0n) is 11.4. The predicted molar refractivity (Wildman–Crippen MR) is 74.9 cm³/mol. The molecule has 0 aliphatic carbocycles. The summed E-state index contributed by atoms with van der Waals surface area (Å²) in [6.07, 6.45) is 5.88. The number of carbonyl (C=O) groups is 1. The zero-order valence-corrected chi connectivity index (χ0v) is 11.4. The van der Waals surface area contributed by atoms with Crippen molar-refractivity contribution in [2.45, 2.75) is 19.1 Å². The van der Waals surface area contributed by atoms with Gasteiger partial charge < -0.3 is 14.2 Å². The predicted octanol–water partition coefficient (Wildman–Crippen LogP) is 2.78. The van der Waals surface area contributed by atoms with E-state index in [4.69, 9.17) is 14.2 Å². The number of ether oxygens (including phenoxy) is 3. The Hall–Kier alpha value is -2.07. The molecule has 2 atom stereocenters. The van der Waals surface area contributed by atoms with E-state index in [-0.39, 0.29) is 5.92 Å². The van der Waals surface area contributed by atoms with Gasteiger partial charge in [-0.25, -0.2) is 4.79 Å². The highest BCUT2D eigenvalue weighted by Crippen LogP contribution is 2.21. The molecule has 1 aromatic rings. The Kier molecular flexibility index (Phi) is 5.38. The SMILES string of the molecule is CCOC(=O)/C=C/[C@@H]1OC=C[C@@H](c2ccccc2)CO1. The van der Waals surface area contributed by atoms with E-state index in [1.54, 1.807) is 19.3 Å². The van der Waals surface area contributed by atoms with Crippen molar-refractivity contribution in [3.8, 4) is 0 Å². The van der Waals surface area contributed by atoms with Crippen molar-refractivity contribution >= 4 is 5.97 Å². The van der Waals surface area contributed by atoms with Gasteiger partial charge >= 0.3 is 5.97 Å². The topological polar surface area (TPSA) is 44.8 Å². The average molecular weight is 274 g/mol. The molecule has 0 saturated carbocycles. The molecule has 4 heteroatoms. The smallest absolute Gasteiger partial charge is 0.330 e. The normalized spacial score (nSPS) is 22.2. The number of esters is 1. The second-order valence-electron chi connectivity index (χ2n) is 4.29. The van der Waals surface area contributed by atoms with Crippen LogP contribution in [0.1, 0.15) is 18.4 Å². The quantitative estimate of drug-likeness (QED) is 0.625. The Balaban J connectivity index is 1.91. The van der Waals surface area contributed by atoms with E-state index in [0.29, 0.717) is 13.2 Å². The molecule has 0 radical (unpaired) electrons. The van der Waals surface area contributed by atoms with Crippen molar-refractivity contribution in [2.24, 2.45) is 0 Å². The molecule has 0 spiro atoms. The molecular weight excluding hydrogens is 256 g/mol. The van der Waals surface area contributed by atoms with Crippen molar-refractivity contribution in [1.82, 2.24) is 0 Å². The fraction of sp³-hybridized carbons (Fsp3) is 0.312. The van der Waals surface area contributed by atoms with Crippen LogP contribution in [-0.2, 0) is 19.0 Å². The second kappa shape index (κ2) is 7.50. The Morgan fingerprint density at radius 3 is 2.95 bits per heavy atom. The van der Waals surface area contributed by atoms with Crippen LogP contribution in [0.3, 0.4) is 0 Å². The van der Waals surface area contributed by atoms with E-state index in [1.165, 1.54) is 11.6 Å². The van der Waals surface area contributed by atoms with Crippen LogP contribution in [0.25, 0.3) is 0 Å². The summed E-state index contributed by atoms with van der Waals surface area (Å²) >= 11 is 0. The van der Waals surface area contributed by atoms with Crippen molar-refractivity contribution < 1.29 is 19.0 Å². The van der Waals surface area contributed by atoms with E-state index >= 15 is 0 Å². The van der Waals surface area contributed by atoms with Gasteiger partial charge in [-0.05, 0) is 24.6 Å². The van der Waals surface area contributed by atoms with E-state index < -0.39 is 12.3 Å². The third kappa shape index (κ3) is 4.24. The van der Waals surface area contributed by atoms with Gasteiger partial charge in [0.2, 0.25) is 6.29 Å². The molecule has 0 bridgehead atoms. The first kappa shape index (κ1) is 14.3. The van der Waals surface area contributed by atoms with Gasteiger partial charge in [-0.2, -0.15) is 0 Å². The Morgan fingerprint density at radius 1 is 1.40 bits per heavy atom. The largest absolute Gasteiger partial charge is 0.469 e. The van der Waals surface area contributed by atoms with Crippen LogP contribution in [0, 0.1) is 0 Å². The Bertz CT molecular complexity index is 479. The molecule has 0 fully saturated rings. The van der Waals surface area contributed by atoms with E-state index in [1.807, 2.05) is 36.4 Å². The first-order chi connectivity index (χ1) is 9.79. The van der Waals surface area contributed by atoms with Gasteiger partial charge in [0.05, 0.1) is 19.5 Å². The van der Waals surface area contributed by atoms with Gasteiger partial charge in [-0.3, -0.25) is 0 Å². The molecule has 106 valence electrons. The molecule has 0 N–H and O–H groups in total. The maximum absolute atomic E-state index is 11.2. The summed E-state index contributed by atoms with van der Waals surface area (Å²) < 4.78 is 15.8. The molecule has 4 nitrogen and oxygen atoms in total. The third-order valence-electron chi connectivity index (χ3n) is 2.87. The highest BCUT2D eigenvalue weighted by Gasteiger charge is 2.15. The number of rotatable bonds is 4. The molecule has 1 heterocycles. The number of hydrogen-bond acceptors (Lipinski definition) is 4. The minimum absolute atomic E-state index is 0.150. The molecule has 1 aliphatic rings. The highest BCUT2D eigenvalue weighted by molar-refractivity contribution is 5.81. The van der Waals surface area contributed by atoms with Crippen molar-refractivity contribution in [3.63, 3.8) is 0 Å². The average Bonchev–Trinajstić information content (AvgIpc) is 2.72. The second-order valence-corrected chi connectivity index (χ2v) is 4.29. The van der Waals surface area contributed by atoms with Crippen molar-refractivity contribution in [2.75, 3.05) is 13.2 Å². The summed E-state index contributed by atoms with van der Waals surface area (Å²) in [6, 6.07) is 10.1. The van der Waals surface area contributed by atoms with Crippen LogP contribution >= 0.6 is 0 Å². The lowest BCUT2D eigenvalue weighted by Crippen LogP contribution is -2.14. The fourth-order valence-electron chi connectivity index (χ4n) is 1.87. The summed E-state index contributed by atoms with van der Waals surface area (Å²) in [4.78, 5) is 11.2. The molecule has 0 unspecified atom stereocenters. The van der Waals surface area contributed by atoms with Crippen LogP contribution in [0.15, 0.2) is 54.8 Å². The summed E-state index contributed by atoms with van der Waals surface area (Å²) in [7, 11) is 0. The molecule has 0 aromatic heterocycles. The summed E-state index contributed by atoms with van der Waals surface area (Å²) in [6.45, 7) is 2.61. The van der Waals surface area contributed by atoms with E-state index in [2.05, 4.69) is 0 Å². The minimum Gasteiger partial charge on any atom is -0.469 e. The van der Waals surface area contributed by atoms with Crippen molar-refractivity contribution in [3.05, 3.63) is 60.4 Å². The summed E-state index contributed by atoms with van der Waals surface area (Å²) in [5.74, 6) is -0.246. The fourth-order valence-corrected chi connectivity index (χ4v) is 1.87. The number of carbonyl (C=O) groups excluding carboxylic acids is 1. The van der Waals surface area contributed by atoms with Crippen LogP contribution in [-0.4, -0.2) is 25.5 Å². The maximum atomic E-state index is 11.2. The van der Waals surface area contributed by atoms with Gasteiger partial charge in [0.25, 0.3) is 0 Å². The first-order valence-corrected chi connectivity index (χ1v) is 6.63. The van der Waals surface area contributed by atoms with Crippen LogP contribution in [0.2, 0.25) is 0 Å². The van der Waals surface area contributed by atoms with Gasteiger partial charge in [0, 0.05) is 12.0 Å². The zero-order chi connectivity index (χ0) is 14.2. The minimum atomic E-state index is -0.565. The molecule has 2 rings (SSSR count). The van der Waals surface area contributed by atoms with Crippen LogP contribution in [0.5, 0.6) is 0 Å². The van der Waals surface area contributed by atoms with Crippen molar-refractivity contribution in [1.29, 1.82) is 0 Å². The lowest BCUT2D eigenvalue weighted by molar-refractivity contribution is -0.137. The van der Waals surface area contributed by atoms with Gasteiger partial charge in [0.1, 0.15) is 0 Å². The monoisotopic (exact) mass is 274 g/mol. The maximum Gasteiger partial charge on any atom is 0.330 e. The Labute approximate surface area is 118 Å². The molecule has 20 heavy (non-hydrogen) atoms. The van der Waals surface area contributed by atoms with Gasteiger partial charge in [-0.15, -0.1) is 0 Å². The summed E-state index contributed by atoms with van der Waals surface area (Å²) in [5, 5.41) is 0. The highest BCUT2D eigenvalue weighted by atomic mass is 16.7.